The number of ether oxygens (including phenoxy) is 1. The van der Waals surface area contributed by atoms with E-state index in [2.05, 4.69) is 10.3 Å². The highest BCUT2D eigenvalue weighted by atomic mass is 16.5. The van der Waals surface area contributed by atoms with Crippen LogP contribution in [-0.4, -0.2) is 23.1 Å². The SMILES string of the molecule is COc1ccc(C2(C(=O)Nc3ccc(Cc4ccccc4O)cn3)CC2)cc1. The number of hydrogen-bond donors (Lipinski definition) is 2. The first-order valence-electron chi connectivity index (χ1n) is 9.28. The smallest absolute Gasteiger partial charge is 0.236 e. The minimum absolute atomic E-state index is 0.0291. The number of benzene rings is 2. The normalized spacial score (nSPS) is 14.3. The molecule has 1 fully saturated rings. The molecule has 28 heavy (non-hydrogen) atoms. The van der Waals surface area contributed by atoms with Crippen molar-refractivity contribution in [3.63, 3.8) is 0 Å². The quantitative estimate of drug-likeness (QED) is 0.683. The number of pyridine rings is 1. The molecular weight excluding hydrogens is 352 g/mol. The molecule has 0 atom stereocenters. The monoisotopic (exact) mass is 374 g/mol. The molecular formula is C23H22N2O3. The molecule has 2 N–H and O–H groups in total. The predicted molar refractivity (Wildman–Crippen MR) is 108 cm³/mol. The second-order valence-electron chi connectivity index (χ2n) is 7.12. The van der Waals surface area contributed by atoms with E-state index < -0.39 is 5.41 Å². The molecule has 1 aliphatic carbocycles. The number of carbonyl (C=O) groups excluding carboxylic acids is 1. The number of aromatic nitrogens is 1. The van der Waals surface area contributed by atoms with E-state index >= 15 is 0 Å². The lowest BCUT2D eigenvalue weighted by atomic mass is 9.95. The molecule has 3 aromatic rings. The van der Waals surface area contributed by atoms with Gasteiger partial charge in [-0.15, -0.1) is 0 Å². The van der Waals surface area contributed by atoms with Crippen LogP contribution in [0, 0.1) is 0 Å². The number of anilines is 1. The van der Waals surface area contributed by atoms with Gasteiger partial charge in [0.15, 0.2) is 0 Å². The molecule has 1 heterocycles. The zero-order valence-electron chi connectivity index (χ0n) is 15.7. The van der Waals surface area contributed by atoms with Crippen molar-refractivity contribution in [2.75, 3.05) is 12.4 Å². The number of para-hydroxylation sites is 1. The van der Waals surface area contributed by atoms with E-state index in [0.717, 1.165) is 35.3 Å². The average molecular weight is 374 g/mol. The van der Waals surface area contributed by atoms with E-state index in [-0.39, 0.29) is 11.7 Å². The van der Waals surface area contributed by atoms with E-state index in [1.54, 1.807) is 31.5 Å². The maximum atomic E-state index is 12.9. The highest BCUT2D eigenvalue weighted by Gasteiger charge is 2.51. The Hall–Kier alpha value is -3.34. The van der Waals surface area contributed by atoms with Crippen molar-refractivity contribution >= 4 is 11.7 Å². The number of phenols is 1. The molecule has 1 aromatic heterocycles. The Morgan fingerprint density at radius 2 is 1.86 bits per heavy atom. The van der Waals surface area contributed by atoms with Gasteiger partial charge in [-0.1, -0.05) is 36.4 Å². The van der Waals surface area contributed by atoms with Gasteiger partial charge in [0.25, 0.3) is 0 Å². The van der Waals surface area contributed by atoms with Gasteiger partial charge in [0.05, 0.1) is 12.5 Å². The van der Waals surface area contributed by atoms with Crippen LogP contribution >= 0.6 is 0 Å². The number of carbonyl (C=O) groups is 1. The predicted octanol–water partition coefficient (Wildman–Crippen LogP) is 4.06. The standard InChI is InChI=1S/C23H22N2O3/c1-28-19-9-7-18(8-10-19)23(12-13-23)22(27)25-21-11-6-16(15-24-21)14-17-4-2-3-5-20(17)26/h2-11,15,26H,12-14H2,1H3,(H,24,25,27). The Labute approximate surface area is 164 Å². The second kappa shape index (κ2) is 7.35. The van der Waals surface area contributed by atoms with E-state index in [4.69, 9.17) is 4.74 Å². The van der Waals surface area contributed by atoms with E-state index in [0.29, 0.717) is 12.2 Å². The fourth-order valence-electron chi connectivity index (χ4n) is 3.40. The maximum absolute atomic E-state index is 12.9. The Bertz CT molecular complexity index is 977. The molecule has 5 nitrogen and oxygen atoms in total. The van der Waals surface area contributed by atoms with Crippen LogP contribution in [0.5, 0.6) is 11.5 Å². The van der Waals surface area contributed by atoms with Crippen LogP contribution in [0.4, 0.5) is 5.82 Å². The van der Waals surface area contributed by atoms with Gasteiger partial charge in [-0.25, -0.2) is 4.98 Å². The van der Waals surface area contributed by atoms with Crippen molar-refractivity contribution in [2.24, 2.45) is 0 Å². The first kappa shape index (κ1) is 18.0. The van der Waals surface area contributed by atoms with E-state index in [9.17, 15) is 9.90 Å². The third kappa shape index (κ3) is 3.56. The van der Waals surface area contributed by atoms with Crippen LogP contribution in [-0.2, 0) is 16.6 Å². The fourth-order valence-corrected chi connectivity index (χ4v) is 3.40. The summed E-state index contributed by atoms with van der Waals surface area (Å²) in [4.78, 5) is 17.2. The molecule has 1 saturated carbocycles. The minimum atomic E-state index is -0.470. The van der Waals surface area contributed by atoms with Gasteiger partial charge < -0.3 is 15.2 Å². The molecule has 0 saturated heterocycles. The summed E-state index contributed by atoms with van der Waals surface area (Å²) in [7, 11) is 1.63. The Balaban J connectivity index is 1.44. The molecule has 142 valence electrons. The fraction of sp³-hybridized carbons (Fsp3) is 0.217. The van der Waals surface area contributed by atoms with Gasteiger partial charge in [-0.2, -0.15) is 0 Å². The highest BCUT2D eigenvalue weighted by Crippen LogP contribution is 2.49. The molecule has 0 bridgehead atoms. The number of methoxy groups -OCH3 is 1. The second-order valence-corrected chi connectivity index (χ2v) is 7.12. The molecule has 1 aliphatic rings. The van der Waals surface area contributed by atoms with Gasteiger partial charge in [-0.3, -0.25) is 4.79 Å². The summed E-state index contributed by atoms with van der Waals surface area (Å²) >= 11 is 0. The number of nitrogens with one attached hydrogen (secondary N) is 1. The number of aromatic hydroxyl groups is 1. The zero-order chi connectivity index (χ0) is 19.6. The summed E-state index contributed by atoms with van der Waals surface area (Å²) in [6, 6.07) is 18.6. The van der Waals surface area contributed by atoms with E-state index in [1.807, 2.05) is 42.5 Å². The lowest BCUT2D eigenvalue weighted by molar-refractivity contribution is -0.118. The maximum Gasteiger partial charge on any atom is 0.236 e. The van der Waals surface area contributed by atoms with Crippen LogP contribution in [0.3, 0.4) is 0 Å². The van der Waals surface area contributed by atoms with Crippen molar-refractivity contribution in [1.82, 2.24) is 4.98 Å². The minimum Gasteiger partial charge on any atom is -0.508 e. The zero-order valence-corrected chi connectivity index (χ0v) is 15.7. The van der Waals surface area contributed by atoms with Gasteiger partial charge in [-0.05, 0) is 53.8 Å². The van der Waals surface area contributed by atoms with Crippen molar-refractivity contribution in [1.29, 1.82) is 0 Å². The summed E-state index contributed by atoms with van der Waals surface area (Å²) in [5.41, 5.74) is 2.35. The van der Waals surface area contributed by atoms with Gasteiger partial charge in [0.1, 0.15) is 17.3 Å². The van der Waals surface area contributed by atoms with Crippen molar-refractivity contribution in [3.05, 3.63) is 83.6 Å². The van der Waals surface area contributed by atoms with Gasteiger partial charge in [0, 0.05) is 12.6 Å². The van der Waals surface area contributed by atoms with Crippen LogP contribution in [0.1, 0.15) is 29.5 Å². The molecule has 4 rings (SSSR count). The topological polar surface area (TPSA) is 71.5 Å². The van der Waals surface area contributed by atoms with Crippen molar-refractivity contribution in [3.8, 4) is 11.5 Å². The number of amides is 1. The Morgan fingerprint density at radius 3 is 2.46 bits per heavy atom. The van der Waals surface area contributed by atoms with Gasteiger partial charge in [0.2, 0.25) is 5.91 Å². The molecule has 0 radical (unpaired) electrons. The number of nitrogens with zero attached hydrogens (tertiary/aromatic N) is 1. The lowest BCUT2D eigenvalue weighted by Crippen LogP contribution is -2.28. The van der Waals surface area contributed by atoms with Crippen LogP contribution < -0.4 is 10.1 Å². The Kier molecular flexibility index (Phi) is 4.74. The van der Waals surface area contributed by atoms with Crippen molar-refractivity contribution in [2.45, 2.75) is 24.7 Å². The molecule has 0 spiro atoms. The molecule has 1 amide bonds. The largest absolute Gasteiger partial charge is 0.508 e. The third-order valence-corrected chi connectivity index (χ3v) is 5.28. The van der Waals surface area contributed by atoms with Crippen LogP contribution in [0.15, 0.2) is 66.9 Å². The highest BCUT2D eigenvalue weighted by molar-refractivity contribution is 6.00. The number of hydrogen-bond acceptors (Lipinski definition) is 4. The molecule has 2 aromatic carbocycles. The first-order chi connectivity index (χ1) is 13.6. The van der Waals surface area contributed by atoms with Crippen LogP contribution in [0.2, 0.25) is 0 Å². The van der Waals surface area contributed by atoms with Gasteiger partial charge >= 0.3 is 0 Å². The average Bonchev–Trinajstić information content (AvgIpc) is 3.53. The molecule has 0 aliphatic heterocycles. The lowest BCUT2D eigenvalue weighted by Gasteiger charge is -2.16. The summed E-state index contributed by atoms with van der Waals surface area (Å²) in [5, 5.41) is 12.8. The molecule has 0 unspecified atom stereocenters. The summed E-state index contributed by atoms with van der Waals surface area (Å²) in [6.07, 6.45) is 3.98. The van der Waals surface area contributed by atoms with Crippen molar-refractivity contribution < 1.29 is 14.6 Å². The summed E-state index contributed by atoms with van der Waals surface area (Å²) in [6.45, 7) is 0. The Morgan fingerprint density at radius 1 is 1.11 bits per heavy atom. The van der Waals surface area contributed by atoms with Crippen LogP contribution in [0.25, 0.3) is 0 Å². The third-order valence-electron chi connectivity index (χ3n) is 5.28. The number of phenolic OH excluding ortho intramolecular Hbond substituents is 1. The summed E-state index contributed by atoms with van der Waals surface area (Å²) in [5.74, 6) is 1.56. The molecule has 5 heteroatoms. The number of rotatable bonds is 6. The first-order valence-corrected chi connectivity index (χ1v) is 9.28. The van der Waals surface area contributed by atoms with E-state index in [1.165, 1.54) is 0 Å². The summed E-state index contributed by atoms with van der Waals surface area (Å²) < 4.78 is 5.19.